The lowest BCUT2D eigenvalue weighted by molar-refractivity contribution is 1.09. The van der Waals surface area contributed by atoms with E-state index < -0.39 is 0 Å². The molecule has 18 heavy (non-hydrogen) atoms. The Morgan fingerprint density at radius 1 is 1.22 bits per heavy atom. The summed E-state index contributed by atoms with van der Waals surface area (Å²) >= 11 is 0. The lowest BCUT2D eigenvalue weighted by Gasteiger charge is -2.06. The Morgan fingerprint density at radius 3 is 2.78 bits per heavy atom. The van der Waals surface area contributed by atoms with Crippen molar-refractivity contribution in [2.75, 3.05) is 5.32 Å². The van der Waals surface area contributed by atoms with Gasteiger partial charge < -0.3 is 5.32 Å². The number of nitrogens with one attached hydrogen (secondary N) is 1. The first kappa shape index (κ1) is 10.9. The second-order valence-electron chi connectivity index (χ2n) is 4.60. The molecule has 0 bridgehead atoms. The first-order valence-electron chi connectivity index (χ1n) is 6.15. The SMILES string of the molecule is C#Cc1cccc(Nc2ccc(C3CC3)cn2)c1. The zero-order valence-corrected chi connectivity index (χ0v) is 10.1. The molecule has 1 heterocycles. The average Bonchev–Trinajstić information content (AvgIpc) is 3.24. The summed E-state index contributed by atoms with van der Waals surface area (Å²) in [5, 5.41) is 3.26. The van der Waals surface area contributed by atoms with Crippen LogP contribution in [0.3, 0.4) is 0 Å². The number of pyridine rings is 1. The number of nitrogens with zero attached hydrogens (tertiary/aromatic N) is 1. The van der Waals surface area contributed by atoms with Gasteiger partial charge in [0.05, 0.1) is 0 Å². The number of benzene rings is 1. The molecule has 0 amide bonds. The zero-order valence-electron chi connectivity index (χ0n) is 10.1. The van der Waals surface area contributed by atoms with Crippen LogP contribution < -0.4 is 5.32 Å². The predicted octanol–water partition coefficient (Wildman–Crippen LogP) is 3.68. The molecule has 1 aromatic carbocycles. The summed E-state index contributed by atoms with van der Waals surface area (Å²) in [5.41, 5.74) is 3.18. The molecule has 1 fully saturated rings. The van der Waals surface area contributed by atoms with Crippen molar-refractivity contribution in [3.63, 3.8) is 0 Å². The van der Waals surface area contributed by atoms with Gasteiger partial charge in [0, 0.05) is 17.4 Å². The fourth-order valence-corrected chi connectivity index (χ4v) is 1.97. The molecule has 1 saturated carbocycles. The van der Waals surface area contributed by atoms with Gasteiger partial charge >= 0.3 is 0 Å². The van der Waals surface area contributed by atoms with Gasteiger partial charge in [-0.2, -0.15) is 0 Å². The molecule has 0 saturated heterocycles. The van der Waals surface area contributed by atoms with Crippen molar-refractivity contribution in [1.82, 2.24) is 4.98 Å². The Labute approximate surface area is 107 Å². The summed E-state index contributed by atoms with van der Waals surface area (Å²) in [5.74, 6) is 4.23. The summed E-state index contributed by atoms with van der Waals surface area (Å²) in [4.78, 5) is 4.43. The van der Waals surface area contributed by atoms with E-state index in [1.165, 1.54) is 18.4 Å². The third-order valence-corrected chi connectivity index (χ3v) is 3.14. The minimum Gasteiger partial charge on any atom is -0.340 e. The van der Waals surface area contributed by atoms with Crippen LogP contribution >= 0.6 is 0 Å². The van der Waals surface area contributed by atoms with E-state index in [9.17, 15) is 0 Å². The molecular weight excluding hydrogens is 220 g/mol. The van der Waals surface area contributed by atoms with Crippen LogP contribution in [0.5, 0.6) is 0 Å². The first-order chi connectivity index (χ1) is 8.85. The van der Waals surface area contributed by atoms with E-state index >= 15 is 0 Å². The topological polar surface area (TPSA) is 24.9 Å². The van der Waals surface area contributed by atoms with Crippen LogP contribution in [-0.2, 0) is 0 Å². The predicted molar refractivity (Wildman–Crippen MR) is 73.9 cm³/mol. The average molecular weight is 234 g/mol. The van der Waals surface area contributed by atoms with E-state index in [4.69, 9.17) is 6.42 Å². The van der Waals surface area contributed by atoms with Crippen LogP contribution in [-0.4, -0.2) is 4.98 Å². The van der Waals surface area contributed by atoms with E-state index in [2.05, 4.69) is 22.3 Å². The van der Waals surface area contributed by atoms with Gasteiger partial charge in [-0.05, 0) is 48.6 Å². The Hall–Kier alpha value is -2.27. The Kier molecular flexibility index (Phi) is 2.74. The van der Waals surface area contributed by atoms with Crippen LogP contribution in [0.25, 0.3) is 0 Å². The van der Waals surface area contributed by atoms with E-state index in [1.54, 1.807) is 0 Å². The number of rotatable bonds is 3. The van der Waals surface area contributed by atoms with Crippen molar-refractivity contribution >= 4 is 11.5 Å². The number of terminal acetylenes is 1. The number of hydrogen-bond donors (Lipinski definition) is 1. The molecule has 2 heteroatoms. The van der Waals surface area contributed by atoms with Gasteiger partial charge in [0.2, 0.25) is 0 Å². The lowest BCUT2D eigenvalue weighted by Crippen LogP contribution is -1.94. The molecule has 0 spiro atoms. The standard InChI is InChI=1S/C16H14N2/c1-2-12-4-3-5-15(10-12)18-16-9-8-14(11-17-16)13-6-7-13/h1,3-5,8-11,13H,6-7H2,(H,17,18). The molecular formula is C16H14N2. The minimum atomic E-state index is 0.747. The van der Waals surface area contributed by atoms with E-state index in [0.29, 0.717) is 0 Å². The summed E-state index contributed by atoms with van der Waals surface area (Å²) < 4.78 is 0. The van der Waals surface area contributed by atoms with Gasteiger partial charge in [0.1, 0.15) is 5.82 Å². The summed E-state index contributed by atoms with van der Waals surface area (Å²) in [7, 11) is 0. The second kappa shape index (κ2) is 4.54. The minimum absolute atomic E-state index is 0.747. The Morgan fingerprint density at radius 2 is 2.11 bits per heavy atom. The highest BCUT2D eigenvalue weighted by Crippen LogP contribution is 2.39. The molecule has 0 atom stereocenters. The highest BCUT2D eigenvalue weighted by Gasteiger charge is 2.23. The smallest absolute Gasteiger partial charge is 0.130 e. The summed E-state index contributed by atoms with van der Waals surface area (Å²) in [6.07, 6.45) is 9.95. The largest absolute Gasteiger partial charge is 0.340 e. The normalized spacial score (nSPS) is 13.9. The Balaban J connectivity index is 1.76. The van der Waals surface area contributed by atoms with Crippen LogP contribution in [0, 0.1) is 12.3 Å². The van der Waals surface area contributed by atoms with Crippen LogP contribution in [0.15, 0.2) is 42.6 Å². The summed E-state index contributed by atoms with van der Waals surface area (Å²) in [6, 6.07) is 12.0. The van der Waals surface area contributed by atoms with Gasteiger partial charge in [-0.15, -0.1) is 6.42 Å². The van der Waals surface area contributed by atoms with Crippen molar-refractivity contribution in [2.24, 2.45) is 0 Å². The zero-order chi connectivity index (χ0) is 12.4. The maximum absolute atomic E-state index is 5.38. The van der Waals surface area contributed by atoms with Crippen molar-refractivity contribution in [3.8, 4) is 12.3 Å². The van der Waals surface area contributed by atoms with Crippen molar-refractivity contribution in [3.05, 3.63) is 53.7 Å². The molecule has 1 aliphatic rings. The van der Waals surface area contributed by atoms with Gasteiger partial charge in [0.15, 0.2) is 0 Å². The third-order valence-electron chi connectivity index (χ3n) is 3.14. The van der Waals surface area contributed by atoms with Gasteiger partial charge in [-0.25, -0.2) is 4.98 Å². The van der Waals surface area contributed by atoms with Crippen LogP contribution in [0.4, 0.5) is 11.5 Å². The number of aromatic nitrogens is 1. The molecule has 88 valence electrons. The fraction of sp³-hybridized carbons (Fsp3) is 0.188. The Bertz CT molecular complexity index is 589. The molecule has 0 unspecified atom stereocenters. The van der Waals surface area contributed by atoms with E-state index in [-0.39, 0.29) is 0 Å². The third kappa shape index (κ3) is 2.36. The highest BCUT2D eigenvalue weighted by molar-refractivity contribution is 5.58. The maximum Gasteiger partial charge on any atom is 0.130 e. The van der Waals surface area contributed by atoms with Crippen molar-refractivity contribution in [2.45, 2.75) is 18.8 Å². The van der Waals surface area contributed by atoms with Crippen molar-refractivity contribution < 1.29 is 0 Å². The highest BCUT2D eigenvalue weighted by atomic mass is 15.0. The lowest BCUT2D eigenvalue weighted by atomic mass is 10.2. The molecule has 3 rings (SSSR count). The monoisotopic (exact) mass is 234 g/mol. The van der Waals surface area contributed by atoms with Gasteiger partial charge in [-0.3, -0.25) is 0 Å². The van der Waals surface area contributed by atoms with Gasteiger partial charge in [0.25, 0.3) is 0 Å². The van der Waals surface area contributed by atoms with E-state index in [1.807, 2.05) is 36.5 Å². The molecule has 2 aromatic rings. The van der Waals surface area contributed by atoms with Crippen LogP contribution in [0.2, 0.25) is 0 Å². The fourth-order valence-electron chi connectivity index (χ4n) is 1.97. The first-order valence-corrected chi connectivity index (χ1v) is 6.15. The second-order valence-corrected chi connectivity index (χ2v) is 4.60. The summed E-state index contributed by atoms with van der Waals surface area (Å²) in [6.45, 7) is 0. The van der Waals surface area contributed by atoms with E-state index in [0.717, 1.165) is 23.0 Å². The van der Waals surface area contributed by atoms with Gasteiger partial charge in [-0.1, -0.05) is 18.1 Å². The molecule has 1 N–H and O–H groups in total. The number of anilines is 2. The molecule has 1 aromatic heterocycles. The maximum atomic E-state index is 5.38. The van der Waals surface area contributed by atoms with Crippen molar-refractivity contribution in [1.29, 1.82) is 0 Å². The molecule has 0 radical (unpaired) electrons. The quantitative estimate of drug-likeness (QED) is 0.819. The molecule has 2 nitrogen and oxygen atoms in total. The van der Waals surface area contributed by atoms with Crippen LogP contribution in [0.1, 0.15) is 29.9 Å². The number of hydrogen-bond acceptors (Lipinski definition) is 2. The molecule has 0 aliphatic heterocycles. The molecule has 1 aliphatic carbocycles.